The molecule has 9 heteroatoms. The molecule has 1 saturated heterocycles. The zero-order valence-electron chi connectivity index (χ0n) is 17.2. The Labute approximate surface area is 186 Å². The van der Waals surface area contributed by atoms with Gasteiger partial charge in [-0.25, -0.2) is 17.6 Å². The highest BCUT2D eigenvalue weighted by Crippen LogP contribution is 2.22. The Kier molecular flexibility index (Phi) is 6.48. The molecular formula is C23H22FN3O4S. The van der Waals surface area contributed by atoms with Gasteiger partial charge >= 0.3 is 5.97 Å². The van der Waals surface area contributed by atoms with Crippen molar-refractivity contribution in [3.63, 3.8) is 0 Å². The third-order valence-corrected chi connectivity index (χ3v) is 7.11. The standard InChI is InChI=1S/C23H22FN3O4S/c24-19-7-9-21(10-8-19)26-12-14-27(15-13-26)32(29,30)22-6-3-4-18(16-22)23(28)31-17-20-5-1-2-11-25-20/h1-11,16H,12-15,17H2. The van der Waals surface area contributed by atoms with E-state index in [1.165, 1.54) is 40.7 Å². The van der Waals surface area contributed by atoms with Crippen LogP contribution >= 0.6 is 0 Å². The van der Waals surface area contributed by atoms with Gasteiger partial charge in [0.1, 0.15) is 12.4 Å². The number of halogens is 1. The molecule has 1 fully saturated rings. The molecule has 0 spiro atoms. The molecule has 166 valence electrons. The van der Waals surface area contributed by atoms with Gasteiger partial charge in [-0.05, 0) is 54.6 Å². The van der Waals surface area contributed by atoms with Crippen LogP contribution < -0.4 is 4.90 Å². The number of carbonyl (C=O) groups is 1. The summed E-state index contributed by atoms with van der Waals surface area (Å²) in [5.74, 6) is -0.928. The maximum absolute atomic E-state index is 13.1. The Morgan fingerprint density at radius 1 is 0.969 bits per heavy atom. The molecule has 0 atom stereocenters. The lowest BCUT2D eigenvalue weighted by Gasteiger charge is -2.35. The van der Waals surface area contributed by atoms with Gasteiger partial charge in [0.2, 0.25) is 10.0 Å². The molecule has 3 aromatic rings. The van der Waals surface area contributed by atoms with E-state index in [0.717, 1.165) is 5.69 Å². The van der Waals surface area contributed by atoms with Crippen molar-refractivity contribution in [2.45, 2.75) is 11.5 Å². The van der Waals surface area contributed by atoms with Gasteiger partial charge in [0, 0.05) is 38.1 Å². The summed E-state index contributed by atoms with van der Waals surface area (Å²) in [6.07, 6.45) is 1.60. The molecule has 7 nitrogen and oxygen atoms in total. The van der Waals surface area contributed by atoms with Gasteiger partial charge in [-0.2, -0.15) is 4.31 Å². The van der Waals surface area contributed by atoms with Gasteiger partial charge in [-0.15, -0.1) is 0 Å². The Balaban J connectivity index is 1.41. The number of pyridine rings is 1. The summed E-state index contributed by atoms with van der Waals surface area (Å²) in [7, 11) is -3.77. The smallest absolute Gasteiger partial charge is 0.338 e. The summed E-state index contributed by atoms with van der Waals surface area (Å²) in [4.78, 5) is 18.6. The predicted molar refractivity (Wildman–Crippen MR) is 117 cm³/mol. The molecule has 0 amide bonds. The van der Waals surface area contributed by atoms with Gasteiger partial charge in [-0.3, -0.25) is 4.98 Å². The fourth-order valence-corrected chi connectivity index (χ4v) is 4.95. The Hall–Kier alpha value is -3.30. The van der Waals surface area contributed by atoms with Crippen molar-refractivity contribution in [2.24, 2.45) is 0 Å². The number of benzene rings is 2. The topological polar surface area (TPSA) is 79.8 Å². The summed E-state index contributed by atoms with van der Waals surface area (Å²) >= 11 is 0. The molecule has 0 aliphatic carbocycles. The molecule has 0 bridgehead atoms. The molecule has 1 aliphatic heterocycles. The van der Waals surface area contributed by atoms with Gasteiger partial charge in [0.25, 0.3) is 0 Å². The molecule has 0 N–H and O–H groups in total. The Morgan fingerprint density at radius 2 is 1.72 bits per heavy atom. The summed E-state index contributed by atoms with van der Waals surface area (Å²) < 4.78 is 46.0. The maximum Gasteiger partial charge on any atom is 0.338 e. The third kappa shape index (κ3) is 4.95. The van der Waals surface area contributed by atoms with Crippen molar-refractivity contribution in [1.29, 1.82) is 0 Å². The molecular weight excluding hydrogens is 433 g/mol. The van der Waals surface area contributed by atoms with Gasteiger partial charge in [0.15, 0.2) is 0 Å². The van der Waals surface area contributed by atoms with Crippen molar-refractivity contribution in [1.82, 2.24) is 9.29 Å². The van der Waals surface area contributed by atoms with E-state index < -0.39 is 16.0 Å². The van der Waals surface area contributed by atoms with E-state index in [9.17, 15) is 17.6 Å². The molecule has 4 rings (SSSR count). The highest BCUT2D eigenvalue weighted by molar-refractivity contribution is 7.89. The zero-order valence-corrected chi connectivity index (χ0v) is 18.0. The molecule has 0 unspecified atom stereocenters. The first-order chi connectivity index (χ1) is 15.4. The van der Waals surface area contributed by atoms with Crippen molar-refractivity contribution in [3.05, 3.63) is 90.0 Å². The summed E-state index contributed by atoms with van der Waals surface area (Å²) in [6, 6.07) is 17.3. The lowest BCUT2D eigenvalue weighted by Crippen LogP contribution is -2.48. The minimum absolute atomic E-state index is 0.00198. The first-order valence-corrected chi connectivity index (χ1v) is 11.6. The lowest BCUT2D eigenvalue weighted by molar-refractivity contribution is 0.0467. The summed E-state index contributed by atoms with van der Waals surface area (Å²) in [6.45, 7) is 1.54. The van der Waals surface area contributed by atoms with Crippen LogP contribution in [0, 0.1) is 5.82 Å². The van der Waals surface area contributed by atoms with Crippen LogP contribution in [0.3, 0.4) is 0 Å². The second-order valence-electron chi connectivity index (χ2n) is 7.29. The number of nitrogens with zero attached hydrogens (tertiary/aromatic N) is 3. The first kappa shape index (κ1) is 21.9. The van der Waals surface area contributed by atoms with Gasteiger partial charge in [-0.1, -0.05) is 12.1 Å². The number of aromatic nitrogens is 1. The van der Waals surface area contributed by atoms with Crippen LogP contribution in [0.5, 0.6) is 0 Å². The monoisotopic (exact) mass is 455 g/mol. The fourth-order valence-electron chi connectivity index (χ4n) is 3.48. The molecule has 0 radical (unpaired) electrons. The quantitative estimate of drug-likeness (QED) is 0.532. The Morgan fingerprint density at radius 3 is 2.41 bits per heavy atom. The van der Waals surface area contributed by atoms with E-state index in [1.54, 1.807) is 36.5 Å². The molecule has 2 aromatic carbocycles. The Bertz CT molecular complexity index is 1180. The maximum atomic E-state index is 13.1. The summed E-state index contributed by atoms with van der Waals surface area (Å²) in [5, 5.41) is 0. The highest BCUT2D eigenvalue weighted by atomic mass is 32.2. The van der Waals surface area contributed by atoms with Crippen LogP contribution in [-0.2, 0) is 21.4 Å². The number of carbonyl (C=O) groups excluding carboxylic acids is 1. The molecule has 0 saturated carbocycles. The normalized spacial score (nSPS) is 14.8. The van der Waals surface area contributed by atoms with E-state index in [2.05, 4.69) is 4.98 Å². The van der Waals surface area contributed by atoms with E-state index in [4.69, 9.17) is 4.74 Å². The lowest BCUT2D eigenvalue weighted by atomic mass is 10.2. The first-order valence-electron chi connectivity index (χ1n) is 10.1. The van der Waals surface area contributed by atoms with Crippen LogP contribution in [-0.4, -0.2) is 49.9 Å². The number of piperazine rings is 1. The van der Waals surface area contributed by atoms with E-state index in [1.807, 2.05) is 4.90 Å². The highest BCUT2D eigenvalue weighted by Gasteiger charge is 2.29. The van der Waals surface area contributed by atoms with Gasteiger partial charge in [0.05, 0.1) is 16.2 Å². The largest absolute Gasteiger partial charge is 0.456 e. The SMILES string of the molecule is O=C(OCc1ccccn1)c1cccc(S(=O)(=O)N2CCN(c3ccc(F)cc3)CC2)c1. The van der Waals surface area contributed by atoms with Gasteiger partial charge < -0.3 is 9.64 Å². The van der Waals surface area contributed by atoms with Crippen molar-refractivity contribution >= 4 is 21.7 Å². The van der Waals surface area contributed by atoms with Crippen LogP contribution in [0.15, 0.2) is 77.8 Å². The predicted octanol–water partition coefficient (Wildman–Crippen LogP) is 3.09. The number of hydrogen-bond acceptors (Lipinski definition) is 6. The van der Waals surface area contributed by atoms with Crippen LogP contribution in [0.4, 0.5) is 10.1 Å². The number of sulfonamides is 1. The number of anilines is 1. The number of ether oxygens (including phenoxy) is 1. The fraction of sp³-hybridized carbons (Fsp3) is 0.217. The second-order valence-corrected chi connectivity index (χ2v) is 9.23. The molecule has 2 heterocycles. The number of rotatable bonds is 6. The van der Waals surface area contributed by atoms with E-state index in [-0.39, 0.29) is 36.0 Å². The third-order valence-electron chi connectivity index (χ3n) is 5.22. The summed E-state index contributed by atoms with van der Waals surface area (Å²) in [5.41, 5.74) is 1.61. The zero-order chi connectivity index (χ0) is 22.6. The molecule has 1 aliphatic rings. The minimum atomic E-state index is -3.77. The van der Waals surface area contributed by atoms with Crippen LogP contribution in [0.25, 0.3) is 0 Å². The molecule has 1 aromatic heterocycles. The van der Waals surface area contributed by atoms with Crippen LogP contribution in [0.1, 0.15) is 16.1 Å². The average Bonchev–Trinajstić information content (AvgIpc) is 2.84. The van der Waals surface area contributed by atoms with E-state index >= 15 is 0 Å². The average molecular weight is 456 g/mol. The second kappa shape index (κ2) is 9.46. The van der Waals surface area contributed by atoms with Crippen molar-refractivity contribution < 1.29 is 22.3 Å². The minimum Gasteiger partial charge on any atom is -0.456 e. The molecule has 32 heavy (non-hydrogen) atoms. The van der Waals surface area contributed by atoms with E-state index in [0.29, 0.717) is 18.8 Å². The van der Waals surface area contributed by atoms with Crippen LogP contribution in [0.2, 0.25) is 0 Å². The number of esters is 1. The number of hydrogen-bond donors (Lipinski definition) is 0. The van der Waals surface area contributed by atoms with Crippen molar-refractivity contribution in [2.75, 3.05) is 31.1 Å². The van der Waals surface area contributed by atoms with Crippen molar-refractivity contribution in [3.8, 4) is 0 Å².